The monoisotopic (exact) mass is 594 g/mol. The number of allylic oxidation sites excluding steroid dienone is 12. The van der Waals surface area contributed by atoms with Crippen molar-refractivity contribution < 1.29 is 19.8 Å². The van der Waals surface area contributed by atoms with Gasteiger partial charge in [0.1, 0.15) is 0 Å². The summed E-state index contributed by atoms with van der Waals surface area (Å²) in [6.45, 7) is 4.44. The molecule has 0 aromatic rings. The molecule has 5 heteroatoms. The first kappa shape index (κ1) is 44.1. The minimum atomic E-state index is -0.933. The second-order valence-electron chi connectivity index (χ2n) is 10.1. The molecule has 41 heavy (non-hydrogen) atoms. The van der Waals surface area contributed by atoms with Gasteiger partial charge in [0.25, 0.3) is 0 Å². The van der Waals surface area contributed by atoms with Crippen molar-refractivity contribution in [2.45, 2.75) is 142 Å². The molecular formula is C36H58CaO4. The molecule has 0 aliphatic carbocycles. The van der Waals surface area contributed by atoms with Crippen LogP contribution in [0.25, 0.3) is 0 Å². The first-order valence-corrected chi connectivity index (χ1v) is 15.9. The average molecular weight is 595 g/mol. The quantitative estimate of drug-likeness (QED) is 0.0573. The topological polar surface area (TPSA) is 80.3 Å². The summed E-state index contributed by atoms with van der Waals surface area (Å²) in [6, 6.07) is 0. The molecule has 0 heterocycles. The van der Waals surface area contributed by atoms with Crippen molar-refractivity contribution in [2.24, 2.45) is 0 Å². The van der Waals surface area contributed by atoms with Crippen LogP contribution in [0.2, 0.25) is 0 Å². The summed E-state index contributed by atoms with van der Waals surface area (Å²) in [6.07, 6.45) is 46.0. The van der Waals surface area contributed by atoms with Crippen LogP contribution in [0, 0.1) is 0 Å². The van der Waals surface area contributed by atoms with Gasteiger partial charge in [-0.1, -0.05) is 138 Å². The number of carbonyl (C=O) groups is 2. The van der Waals surface area contributed by atoms with Crippen LogP contribution in [0.3, 0.4) is 0 Å². The van der Waals surface area contributed by atoms with Gasteiger partial charge in [-0.3, -0.25) is 0 Å². The smallest absolute Gasteiger partial charge is 0.550 e. The minimum absolute atomic E-state index is 0. The van der Waals surface area contributed by atoms with E-state index in [1.165, 1.54) is 51.4 Å². The summed E-state index contributed by atoms with van der Waals surface area (Å²) in [4.78, 5) is 20.4. The molecule has 0 radical (unpaired) electrons. The van der Waals surface area contributed by atoms with Crippen molar-refractivity contribution in [3.8, 4) is 0 Å². The summed E-state index contributed by atoms with van der Waals surface area (Å²) in [5.41, 5.74) is 0. The van der Waals surface area contributed by atoms with Gasteiger partial charge in [-0.25, -0.2) is 0 Å². The summed E-state index contributed by atoms with van der Waals surface area (Å²) in [7, 11) is 0. The van der Waals surface area contributed by atoms with Gasteiger partial charge >= 0.3 is 37.7 Å². The molecule has 0 atom stereocenters. The van der Waals surface area contributed by atoms with E-state index in [2.05, 4.69) is 86.8 Å². The maximum absolute atomic E-state index is 10.2. The van der Waals surface area contributed by atoms with Gasteiger partial charge in [0, 0.05) is 11.9 Å². The Kier molecular flexibility index (Phi) is 43.8. The van der Waals surface area contributed by atoms with Crippen LogP contribution in [0.4, 0.5) is 0 Å². The average Bonchev–Trinajstić information content (AvgIpc) is 2.93. The first-order chi connectivity index (χ1) is 19.5. The molecule has 4 nitrogen and oxygen atoms in total. The van der Waals surface area contributed by atoms with Crippen molar-refractivity contribution in [1.29, 1.82) is 0 Å². The third-order valence-corrected chi connectivity index (χ3v) is 6.16. The van der Waals surface area contributed by atoms with Gasteiger partial charge in [0.05, 0.1) is 0 Å². The molecule has 0 spiro atoms. The largest absolute Gasteiger partial charge is 2.00 e. The molecule has 0 aliphatic rings. The Morgan fingerprint density at radius 3 is 0.951 bits per heavy atom. The number of carboxylic acids is 2. The zero-order valence-corrected chi connectivity index (χ0v) is 28.6. The van der Waals surface area contributed by atoms with Gasteiger partial charge in [0.15, 0.2) is 0 Å². The molecule has 0 saturated carbocycles. The molecule has 0 aromatic carbocycles. The Hall–Kier alpha value is -1.36. The van der Waals surface area contributed by atoms with Crippen molar-refractivity contribution in [3.63, 3.8) is 0 Å². The second kappa shape index (κ2) is 40.8. The Labute approximate surface area is 282 Å². The number of aliphatic carboxylic acids is 2. The van der Waals surface area contributed by atoms with Crippen LogP contribution in [-0.2, 0) is 9.59 Å². The zero-order chi connectivity index (χ0) is 29.8. The molecular weight excluding hydrogens is 536 g/mol. The fraction of sp³-hybridized carbons (Fsp3) is 0.611. The predicted molar refractivity (Wildman–Crippen MR) is 174 cm³/mol. The van der Waals surface area contributed by atoms with E-state index >= 15 is 0 Å². The molecule has 0 rings (SSSR count). The number of hydrogen-bond acceptors (Lipinski definition) is 4. The summed E-state index contributed by atoms with van der Waals surface area (Å²) < 4.78 is 0. The number of carbonyl (C=O) groups excluding carboxylic acids is 2. The van der Waals surface area contributed by atoms with Crippen LogP contribution in [0.5, 0.6) is 0 Å². The molecule has 0 unspecified atom stereocenters. The van der Waals surface area contributed by atoms with E-state index in [9.17, 15) is 19.8 Å². The molecule has 0 saturated heterocycles. The van der Waals surface area contributed by atoms with Crippen LogP contribution >= 0.6 is 0 Å². The summed E-state index contributed by atoms with van der Waals surface area (Å²) >= 11 is 0. The molecule has 0 fully saturated rings. The molecule has 0 aliphatic heterocycles. The van der Waals surface area contributed by atoms with Gasteiger partial charge in [-0.2, -0.15) is 0 Å². The van der Waals surface area contributed by atoms with Crippen molar-refractivity contribution >= 4 is 49.7 Å². The Morgan fingerprint density at radius 1 is 0.415 bits per heavy atom. The maximum atomic E-state index is 10.2. The van der Waals surface area contributed by atoms with Gasteiger partial charge in [0.2, 0.25) is 0 Å². The first-order valence-electron chi connectivity index (χ1n) is 15.9. The van der Waals surface area contributed by atoms with Gasteiger partial charge in [-0.15, -0.1) is 0 Å². The van der Waals surface area contributed by atoms with E-state index < -0.39 is 11.9 Å². The van der Waals surface area contributed by atoms with Crippen LogP contribution in [0.1, 0.15) is 142 Å². The van der Waals surface area contributed by atoms with Crippen LogP contribution in [0.15, 0.2) is 72.9 Å². The standard InChI is InChI=1S/2C18H30O2.Ca/c2*1-2-3-4-5-6-7-8-9-10-11-12-13-14-15-16-17-18(19)20;/h2*6-11H,2-5,12-17H2,1H3,(H,19,20);/q;;+2/p-2/b2*7-6-,9-8+,11-10+;. The molecule has 0 amide bonds. The summed E-state index contributed by atoms with van der Waals surface area (Å²) in [5.74, 6) is -1.87. The number of unbranched alkanes of at least 4 members (excludes halogenated alkanes) is 14. The molecule has 0 aromatic heterocycles. The van der Waals surface area contributed by atoms with E-state index in [0.717, 1.165) is 64.2 Å². The van der Waals surface area contributed by atoms with E-state index in [1.54, 1.807) is 0 Å². The van der Waals surface area contributed by atoms with Crippen molar-refractivity contribution in [3.05, 3.63) is 72.9 Å². The fourth-order valence-electron chi connectivity index (χ4n) is 3.75. The van der Waals surface area contributed by atoms with E-state index in [-0.39, 0.29) is 50.6 Å². The van der Waals surface area contributed by atoms with Crippen LogP contribution in [-0.4, -0.2) is 49.7 Å². The Balaban J connectivity index is -0.000000688. The van der Waals surface area contributed by atoms with Gasteiger partial charge < -0.3 is 19.8 Å². The summed E-state index contributed by atoms with van der Waals surface area (Å²) in [5, 5.41) is 20.4. The van der Waals surface area contributed by atoms with E-state index in [4.69, 9.17) is 0 Å². The fourth-order valence-corrected chi connectivity index (χ4v) is 3.75. The van der Waals surface area contributed by atoms with Gasteiger partial charge in [-0.05, 0) is 77.0 Å². The number of rotatable bonds is 26. The normalized spacial score (nSPS) is 11.8. The van der Waals surface area contributed by atoms with Crippen molar-refractivity contribution in [1.82, 2.24) is 0 Å². The third-order valence-electron chi connectivity index (χ3n) is 6.16. The molecule has 0 bridgehead atoms. The number of hydrogen-bond donors (Lipinski definition) is 0. The van der Waals surface area contributed by atoms with Crippen molar-refractivity contribution in [2.75, 3.05) is 0 Å². The second-order valence-corrected chi connectivity index (χ2v) is 10.1. The Morgan fingerprint density at radius 2 is 0.683 bits per heavy atom. The third kappa shape index (κ3) is 48.7. The maximum Gasteiger partial charge on any atom is 2.00 e. The van der Waals surface area contributed by atoms with E-state index in [0.29, 0.717) is 0 Å². The minimum Gasteiger partial charge on any atom is -0.550 e. The molecule has 228 valence electrons. The Bertz CT molecular complexity index is 670. The molecule has 0 N–H and O–H groups in total. The zero-order valence-electron chi connectivity index (χ0n) is 26.4. The predicted octanol–water partition coefficient (Wildman–Crippen LogP) is 8.27. The van der Waals surface area contributed by atoms with E-state index in [1.807, 2.05) is 0 Å². The SMILES string of the molecule is CCCCC\C=C/C=C/C=C/CCCCCCC(=O)[O-].CCCCC\C=C/C=C/C=C/CCCCCCC(=O)[O-].[Ca+2]. The van der Waals surface area contributed by atoms with Crippen LogP contribution < -0.4 is 10.2 Å². The number of carboxylic acid groups (broad SMARTS) is 2.